The molecule has 0 aliphatic carbocycles. The molecule has 4 nitrogen and oxygen atoms in total. The molecular weight excluding hydrogens is 252 g/mol. The topological polar surface area (TPSA) is 75.3 Å². The summed E-state index contributed by atoms with van der Waals surface area (Å²) in [6.45, 7) is 7.94. The molecule has 0 aliphatic rings. The Labute approximate surface area is 121 Å². The number of nitrogens with one attached hydrogen (secondary N) is 1. The van der Waals surface area contributed by atoms with Gasteiger partial charge in [-0.25, -0.2) is 0 Å². The first-order chi connectivity index (χ1) is 9.28. The summed E-state index contributed by atoms with van der Waals surface area (Å²) in [6.07, 6.45) is 0.571. The van der Waals surface area contributed by atoms with Crippen molar-refractivity contribution in [1.29, 1.82) is 0 Å². The first-order valence-corrected chi connectivity index (χ1v) is 7.07. The molecule has 1 amide bonds. The number of aliphatic hydroxyl groups excluding tert-OH is 1. The van der Waals surface area contributed by atoms with Gasteiger partial charge in [0, 0.05) is 18.3 Å². The van der Waals surface area contributed by atoms with Crippen molar-refractivity contribution in [3.05, 3.63) is 29.8 Å². The molecule has 0 aromatic heterocycles. The number of aliphatic hydroxyl groups is 1. The second-order valence-corrected chi connectivity index (χ2v) is 6.08. The zero-order valence-corrected chi connectivity index (χ0v) is 12.8. The van der Waals surface area contributed by atoms with Crippen molar-refractivity contribution in [3.63, 3.8) is 0 Å². The molecule has 0 heterocycles. The molecule has 1 aromatic rings. The van der Waals surface area contributed by atoms with Gasteiger partial charge in [-0.15, -0.1) is 0 Å². The van der Waals surface area contributed by atoms with Gasteiger partial charge in [-0.3, -0.25) is 4.79 Å². The van der Waals surface area contributed by atoms with E-state index in [1.54, 1.807) is 12.1 Å². The number of nitrogen functional groups attached to an aromatic ring is 1. The Morgan fingerprint density at radius 2 is 1.85 bits per heavy atom. The lowest BCUT2D eigenvalue weighted by molar-refractivity contribution is -0.126. The third-order valence-corrected chi connectivity index (χ3v) is 3.76. The number of nitrogens with two attached hydrogens (primary N) is 1. The Morgan fingerprint density at radius 1 is 1.30 bits per heavy atom. The Hall–Kier alpha value is -1.55. The predicted molar refractivity (Wildman–Crippen MR) is 82.4 cm³/mol. The van der Waals surface area contributed by atoms with Gasteiger partial charge in [-0.1, -0.05) is 26.0 Å². The van der Waals surface area contributed by atoms with Crippen molar-refractivity contribution in [2.75, 3.05) is 12.3 Å². The van der Waals surface area contributed by atoms with E-state index in [1.807, 2.05) is 39.8 Å². The third-order valence-electron chi connectivity index (χ3n) is 3.76. The summed E-state index contributed by atoms with van der Waals surface area (Å²) in [5.41, 5.74) is 6.66. The van der Waals surface area contributed by atoms with Gasteiger partial charge in [0.2, 0.25) is 5.91 Å². The van der Waals surface area contributed by atoms with E-state index in [-0.39, 0.29) is 24.5 Å². The highest BCUT2D eigenvalue weighted by Crippen LogP contribution is 2.25. The van der Waals surface area contributed by atoms with Gasteiger partial charge in [-0.2, -0.15) is 0 Å². The first kappa shape index (κ1) is 16.5. The molecule has 1 aromatic carbocycles. The quantitative estimate of drug-likeness (QED) is 0.697. The molecule has 112 valence electrons. The van der Waals surface area contributed by atoms with Crippen molar-refractivity contribution in [3.8, 4) is 0 Å². The van der Waals surface area contributed by atoms with E-state index in [0.29, 0.717) is 12.1 Å². The second-order valence-electron chi connectivity index (χ2n) is 6.08. The number of hydrogen-bond donors (Lipinski definition) is 3. The maximum absolute atomic E-state index is 12.5. The van der Waals surface area contributed by atoms with Crippen LogP contribution in [0.1, 0.15) is 39.7 Å². The van der Waals surface area contributed by atoms with Gasteiger partial charge in [0.05, 0.1) is 5.41 Å². The molecule has 1 unspecified atom stereocenters. The number of rotatable bonds is 6. The normalized spacial score (nSPS) is 13.3. The lowest BCUT2D eigenvalue weighted by Crippen LogP contribution is -2.47. The fourth-order valence-corrected chi connectivity index (χ4v) is 2.09. The molecule has 0 bridgehead atoms. The smallest absolute Gasteiger partial charge is 0.230 e. The highest BCUT2D eigenvalue weighted by molar-refractivity contribution is 5.87. The van der Waals surface area contributed by atoms with E-state index in [2.05, 4.69) is 5.32 Å². The minimum Gasteiger partial charge on any atom is -0.399 e. The summed E-state index contributed by atoms with van der Waals surface area (Å²) in [6, 6.07) is 7.35. The second kappa shape index (κ2) is 6.75. The van der Waals surface area contributed by atoms with Gasteiger partial charge < -0.3 is 16.2 Å². The van der Waals surface area contributed by atoms with Gasteiger partial charge in [0.25, 0.3) is 0 Å². The monoisotopic (exact) mass is 278 g/mol. The van der Waals surface area contributed by atoms with E-state index in [1.165, 1.54) is 0 Å². The molecule has 0 radical (unpaired) electrons. The highest BCUT2D eigenvalue weighted by Gasteiger charge is 2.31. The molecule has 1 atom stereocenters. The molecule has 0 spiro atoms. The summed E-state index contributed by atoms with van der Waals surface area (Å²) >= 11 is 0. The number of carbonyl (C=O) groups is 1. The van der Waals surface area contributed by atoms with Crippen molar-refractivity contribution < 1.29 is 9.90 Å². The molecule has 0 saturated carbocycles. The largest absolute Gasteiger partial charge is 0.399 e. The van der Waals surface area contributed by atoms with Crippen LogP contribution in [0.5, 0.6) is 0 Å². The Morgan fingerprint density at radius 3 is 2.30 bits per heavy atom. The summed E-state index contributed by atoms with van der Waals surface area (Å²) in [4.78, 5) is 12.5. The number of benzene rings is 1. The Kier molecular flexibility index (Phi) is 5.57. The summed E-state index contributed by atoms with van der Waals surface area (Å²) in [5.74, 6) is 0.253. The van der Waals surface area contributed by atoms with Crippen LogP contribution in [0.2, 0.25) is 0 Å². The number of anilines is 1. The SMILES string of the molecule is CC(C)C(CCO)NC(=O)C(C)(C)c1ccc(N)cc1. The average Bonchev–Trinajstić information content (AvgIpc) is 2.38. The van der Waals surface area contributed by atoms with E-state index in [4.69, 9.17) is 10.8 Å². The molecule has 20 heavy (non-hydrogen) atoms. The van der Waals surface area contributed by atoms with Crippen LogP contribution in [0.4, 0.5) is 5.69 Å². The van der Waals surface area contributed by atoms with Crippen LogP contribution in [0, 0.1) is 5.92 Å². The lowest BCUT2D eigenvalue weighted by atomic mass is 9.83. The lowest BCUT2D eigenvalue weighted by Gasteiger charge is -2.29. The number of amides is 1. The van der Waals surface area contributed by atoms with E-state index in [9.17, 15) is 4.79 Å². The van der Waals surface area contributed by atoms with E-state index < -0.39 is 5.41 Å². The van der Waals surface area contributed by atoms with Crippen molar-refractivity contribution in [2.45, 2.75) is 45.6 Å². The van der Waals surface area contributed by atoms with Crippen LogP contribution < -0.4 is 11.1 Å². The Bertz CT molecular complexity index is 438. The minimum absolute atomic E-state index is 0.0134. The van der Waals surface area contributed by atoms with Gasteiger partial charge in [0.1, 0.15) is 0 Å². The van der Waals surface area contributed by atoms with Gasteiger partial charge >= 0.3 is 0 Å². The summed E-state index contributed by atoms with van der Waals surface area (Å²) in [5, 5.41) is 12.1. The molecule has 1 rings (SSSR count). The number of carbonyl (C=O) groups excluding carboxylic acids is 1. The maximum atomic E-state index is 12.5. The fraction of sp³-hybridized carbons (Fsp3) is 0.562. The van der Waals surface area contributed by atoms with Gasteiger partial charge in [0.15, 0.2) is 0 Å². The van der Waals surface area contributed by atoms with Crippen LogP contribution in [0.25, 0.3) is 0 Å². The van der Waals surface area contributed by atoms with E-state index >= 15 is 0 Å². The standard InChI is InChI=1S/C16H26N2O2/c1-11(2)14(9-10-19)18-15(20)16(3,4)12-5-7-13(17)8-6-12/h5-8,11,14,19H,9-10,17H2,1-4H3,(H,18,20). The molecule has 0 fully saturated rings. The van der Waals surface area contributed by atoms with Crippen LogP contribution in [0.3, 0.4) is 0 Å². The summed E-state index contributed by atoms with van der Waals surface area (Å²) < 4.78 is 0. The van der Waals surface area contributed by atoms with E-state index in [0.717, 1.165) is 5.56 Å². The zero-order valence-electron chi connectivity index (χ0n) is 12.8. The first-order valence-electron chi connectivity index (χ1n) is 7.07. The zero-order chi connectivity index (χ0) is 15.3. The molecule has 4 N–H and O–H groups in total. The van der Waals surface area contributed by atoms with Crippen LogP contribution >= 0.6 is 0 Å². The highest BCUT2D eigenvalue weighted by atomic mass is 16.3. The molecular formula is C16H26N2O2. The maximum Gasteiger partial charge on any atom is 0.230 e. The Balaban J connectivity index is 2.85. The van der Waals surface area contributed by atoms with Crippen molar-refractivity contribution >= 4 is 11.6 Å². The average molecular weight is 278 g/mol. The van der Waals surface area contributed by atoms with Gasteiger partial charge in [-0.05, 0) is 43.9 Å². The third kappa shape index (κ3) is 3.97. The molecule has 0 aliphatic heterocycles. The number of hydrogen-bond acceptors (Lipinski definition) is 3. The minimum atomic E-state index is -0.629. The molecule has 4 heteroatoms. The van der Waals surface area contributed by atoms with Crippen molar-refractivity contribution in [1.82, 2.24) is 5.32 Å². The fourth-order valence-electron chi connectivity index (χ4n) is 2.09. The molecule has 0 saturated heterocycles. The van der Waals surface area contributed by atoms with Crippen LogP contribution in [-0.4, -0.2) is 23.7 Å². The summed E-state index contributed by atoms with van der Waals surface area (Å²) in [7, 11) is 0. The van der Waals surface area contributed by atoms with Crippen molar-refractivity contribution in [2.24, 2.45) is 5.92 Å². The van der Waals surface area contributed by atoms with Crippen LogP contribution in [0.15, 0.2) is 24.3 Å². The predicted octanol–water partition coefficient (Wildman–Crippen LogP) is 2.07. The van der Waals surface area contributed by atoms with Crippen LogP contribution in [-0.2, 0) is 10.2 Å².